The van der Waals surface area contributed by atoms with Crippen LogP contribution in [0, 0.1) is 6.92 Å². The van der Waals surface area contributed by atoms with E-state index < -0.39 is 0 Å². The molecule has 0 spiro atoms. The van der Waals surface area contributed by atoms with E-state index in [9.17, 15) is 9.59 Å². The number of carbonyl (C=O) groups is 2. The summed E-state index contributed by atoms with van der Waals surface area (Å²) in [5.74, 6) is 0.0873. The topological polar surface area (TPSA) is 64.7 Å². The van der Waals surface area contributed by atoms with Crippen molar-refractivity contribution in [1.29, 1.82) is 0 Å². The van der Waals surface area contributed by atoms with Crippen molar-refractivity contribution < 1.29 is 9.59 Å². The standard InChI is InChI=1S/C29H34N4O2/c1-21-7-5-6-8-26(21)31-28(35)30-24-13-15-25(16-14-24)32-17-19-33(20-18-32)27(34)22-9-11-23(12-10-22)29(2,3)4/h5-16H,17-20H2,1-4H3,(H2,30,31,35). The quantitative estimate of drug-likeness (QED) is 0.499. The third-order valence-corrected chi connectivity index (χ3v) is 6.45. The molecule has 2 N–H and O–H groups in total. The molecule has 182 valence electrons. The van der Waals surface area contributed by atoms with Crippen molar-refractivity contribution in [1.82, 2.24) is 4.90 Å². The summed E-state index contributed by atoms with van der Waals surface area (Å²) in [4.78, 5) is 29.5. The Morgan fingerprint density at radius 3 is 2.00 bits per heavy atom. The van der Waals surface area contributed by atoms with Gasteiger partial charge in [0, 0.05) is 48.8 Å². The van der Waals surface area contributed by atoms with Crippen LogP contribution in [0.2, 0.25) is 0 Å². The van der Waals surface area contributed by atoms with Crippen LogP contribution in [0.4, 0.5) is 21.9 Å². The van der Waals surface area contributed by atoms with E-state index in [0.717, 1.165) is 41.3 Å². The average molecular weight is 471 g/mol. The molecule has 1 aliphatic heterocycles. The van der Waals surface area contributed by atoms with Gasteiger partial charge < -0.3 is 20.4 Å². The van der Waals surface area contributed by atoms with E-state index >= 15 is 0 Å². The third-order valence-electron chi connectivity index (χ3n) is 6.45. The second-order valence-corrected chi connectivity index (χ2v) is 10.0. The van der Waals surface area contributed by atoms with E-state index in [0.29, 0.717) is 13.1 Å². The van der Waals surface area contributed by atoms with Crippen LogP contribution < -0.4 is 15.5 Å². The van der Waals surface area contributed by atoms with E-state index in [1.807, 2.05) is 72.5 Å². The SMILES string of the molecule is Cc1ccccc1NC(=O)Nc1ccc(N2CCN(C(=O)c3ccc(C(C)(C)C)cc3)CC2)cc1. The number of piperazine rings is 1. The van der Waals surface area contributed by atoms with Gasteiger partial charge in [0.2, 0.25) is 0 Å². The fraction of sp³-hybridized carbons (Fsp3) is 0.310. The van der Waals surface area contributed by atoms with Crippen LogP contribution in [-0.2, 0) is 5.41 Å². The van der Waals surface area contributed by atoms with Crippen LogP contribution in [0.1, 0.15) is 42.3 Å². The normalized spacial score (nSPS) is 13.9. The van der Waals surface area contributed by atoms with Gasteiger partial charge in [-0.2, -0.15) is 0 Å². The highest BCUT2D eigenvalue weighted by Gasteiger charge is 2.23. The molecule has 3 aromatic carbocycles. The molecule has 6 heteroatoms. The van der Waals surface area contributed by atoms with Gasteiger partial charge >= 0.3 is 6.03 Å². The molecule has 0 unspecified atom stereocenters. The lowest BCUT2D eigenvalue weighted by atomic mass is 9.86. The predicted octanol–water partition coefficient (Wildman–Crippen LogP) is 5.90. The van der Waals surface area contributed by atoms with E-state index in [1.165, 1.54) is 5.56 Å². The monoisotopic (exact) mass is 470 g/mol. The molecule has 0 saturated carbocycles. The number of amides is 3. The van der Waals surface area contributed by atoms with E-state index in [-0.39, 0.29) is 17.4 Å². The van der Waals surface area contributed by atoms with E-state index in [2.05, 4.69) is 48.4 Å². The first-order valence-corrected chi connectivity index (χ1v) is 12.1. The second kappa shape index (κ2) is 10.2. The smallest absolute Gasteiger partial charge is 0.323 e. The van der Waals surface area contributed by atoms with Gasteiger partial charge in [-0.3, -0.25) is 4.79 Å². The molecular weight excluding hydrogens is 436 g/mol. The molecule has 1 saturated heterocycles. The number of para-hydroxylation sites is 1. The third kappa shape index (κ3) is 6.01. The van der Waals surface area contributed by atoms with Crippen molar-refractivity contribution in [3.8, 4) is 0 Å². The van der Waals surface area contributed by atoms with Gasteiger partial charge in [-0.1, -0.05) is 51.1 Å². The molecule has 4 rings (SSSR count). The number of aryl methyl sites for hydroxylation is 1. The van der Waals surface area contributed by atoms with Crippen LogP contribution in [-0.4, -0.2) is 43.0 Å². The fourth-order valence-corrected chi connectivity index (χ4v) is 4.22. The minimum absolute atomic E-state index is 0.0724. The molecule has 1 fully saturated rings. The predicted molar refractivity (Wildman–Crippen MR) is 144 cm³/mol. The van der Waals surface area contributed by atoms with E-state index in [4.69, 9.17) is 0 Å². The summed E-state index contributed by atoms with van der Waals surface area (Å²) < 4.78 is 0. The van der Waals surface area contributed by atoms with Crippen molar-refractivity contribution in [3.05, 3.63) is 89.5 Å². The summed E-state index contributed by atoms with van der Waals surface area (Å²) in [7, 11) is 0. The number of hydrogen-bond acceptors (Lipinski definition) is 3. The molecule has 0 aliphatic carbocycles. The van der Waals surface area contributed by atoms with Crippen molar-refractivity contribution in [3.63, 3.8) is 0 Å². The Hall–Kier alpha value is -3.80. The Kier molecular flexibility index (Phi) is 7.10. The van der Waals surface area contributed by atoms with Gasteiger partial charge in [0.1, 0.15) is 0 Å². The maximum atomic E-state index is 13.0. The molecule has 35 heavy (non-hydrogen) atoms. The number of carbonyl (C=O) groups excluding carboxylic acids is 2. The Morgan fingerprint density at radius 1 is 0.771 bits per heavy atom. The zero-order chi connectivity index (χ0) is 25.0. The zero-order valence-corrected chi connectivity index (χ0v) is 21.0. The summed E-state index contributed by atoms with van der Waals surface area (Å²) in [5.41, 5.74) is 5.65. The van der Waals surface area contributed by atoms with Gasteiger partial charge in [0.25, 0.3) is 5.91 Å². The Balaban J connectivity index is 1.29. The molecular formula is C29H34N4O2. The highest BCUT2D eigenvalue weighted by molar-refractivity contribution is 6.00. The fourth-order valence-electron chi connectivity index (χ4n) is 4.22. The maximum Gasteiger partial charge on any atom is 0.323 e. The average Bonchev–Trinajstić information content (AvgIpc) is 2.85. The lowest BCUT2D eigenvalue weighted by Gasteiger charge is -2.36. The number of urea groups is 1. The van der Waals surface area contributed by atoms with Crippen LogP contribution in [0.5, 0.6) is 0 Å². The number of anilines is 3. The second-order valence-electron chi connectivity index (χ2n) is 10.0. The summed E-state index contributed by atoms with van der Waals surface area (Å²) in [6, 6.07) is 23.2. The molecule has 3 amide bonds. The number of benzene rings is 3. The zero-order valence-electron chi connectivity index (χ0n) is 21.0. The van der Waals surface area contributed by atoms with Crippen molar-refractivity contribution in [2.24, 2.45) is 0 Å². The number of rotatable bonds is 4. The first kappa shape index (κ1) is 24.3. The summed E-state index contributed by atoms with van der Waals surface area (Å²) >= 11 is 0. The summed E-state index contributed by atoms with van der Waals surface area (Å²) in [5, 5.41) is 5.76. The largest absolute Gasteiger partial charge is 0.368 e. The first-order chi connectivity index (χ1) is 16.7. The highest BCUT2D eigenvalue weighted by atomic mass is 16.2. The molecule has 1 aliphatic rings. The van der Waals surface area contributed by atoms with Crippen molar-refractivity contribution in [2.45, 2.75) is 33.1 Å². The Bertz CT molecular complexity index is 1170. The lowest BCUT2D eigenvalue weighted by molar-refractivity contribution is 0.0746. The molecule has 6 nitrogen and oxygen atoms in total. The van der Waals surface area contributed by atoms with Gasteiger partial charge in [0.15, 0.2) is 0 Å². The highest BCUT2D eigenvalue weighted by Crippen LogP contribution is 2.24. The molecule has 1 heterocycles. The Morgan fingerprint density at radius 2 is 1.40 bits per heavy atom. The van der Waals surface area contributed by atoms with Crippen molar-refractivity contribution in [2.75, 3.05) is 41.7 Å². The maximum absolute atomic E-state index is 13.0. The van der Waals surface area contributed by atoms with Gasteiger partial charge in [-0.05, 0) is 65.9 Å². The van der Waals surface area contributed by atoms with Gasteiger partial charge in [-0.25, -0.2) is 4.79 Å². The van der Waals surface area contributed by atoms with Crippen LogP contribution in [0.15, 0.2) is 72.8 Å². The Labute approximate surface area is 207 Å². The van der Waals surface area contributed by atoms with Gasteiger partial charge in [0.05, 0.1) is 0 Å². The lowest BCUT2D eigenvalue weighted by Crippen LogP contribution is -2.48. The first-order valence-electron chi connectivity index (χ1n) is 12.1. The minimum Gasteiger partial charge on any atom is -0.368 e. The molecule has 0 radical (unpaired) electrons. The van der Waals surface area contributed by atoms with E-state index in [1.54, 1.807) is 0 Å². The molecule has 0 bridgehead atoms. The minimum atomic E-state index is -0.269. The van der Waals surface area contributed by atoms with Crippen LogP contribution in [0.3, 0.4) is 0 Å². The van der Waals surface area contributed by atoms with Crippen LogP contribution >= 0.6 is 0 Å². The molecule has 0 aromatic heterocycles. The molecule has 3 aromatic rings. The molecule has 0 atom stereocenters. The number of hydrogen-bond donors (Lipinski definition) is 2. The number of nitrogens with zero attached hydrogens (tertiary/aromatic N) is 2. The summed E-state index contributed by atoms with van der Waals surface area (Å²) in [6.45, 7) is 11.4. The van der Waals surface area contributed by atoms with Crippen molar-refractivity contribution >= 4 is 29.0 Å². The summed E-state index contributed by atoms with van der Waals surface area (Å²) in [6.07, 6.45) is 0. The number of nitrogens with one attached hydrogen (secondary N) is 2. The van der Waals surface area contributed by atoms with Gasteiger partial charge in [-0.15, -0.1) is 0 Å². The van der Waals surface area contributed by atoms with Crippen LogP contribution in [0.25, 0.3) is 0 Å².